The lowest BCUT2D eigenvalue weighted by Crippen LogP contribution is -2.47. The number of nitrogens with zero attached hydrogens (tertiary/aromatic N) is 1. The fourth-order valence-corrected chi connectivity index (χ4v) is 4.01. The van der Waals surface area contributed by atoms with Crippen molar-refractivity contribution in [2.75, 3.05) is 13.7 Å². The number of cyclic esters (lactones) is 2. The van der Waals surface area contributed by atoms with Crippen molar-refractivity contribution < 1.29 is 47.7 Å². The molecule has 41 heavy (non-hydrogen) atoms. The number of aromatic nitrogens is 1. The second-order valence-electron chi connectivity index (χ2n) is 9.67. The van der Waals surface area contributed by atoms with Crippen LogP contribution in [0.3, 0.4) is 0 Å². The monoisotopic (exact) mass is 570 g/mol. The Balaban J connectivity index is 1.90. The van der Waals surface area contributed by atoms with Gasteiger partial charge in [-0.2, -0.15) is 0 Å². The smallest absolute Gasteiger partial charge is 0.332 e. The number of hydrogen-bond acceptors (Lipinski definition) is 11. The molecule has 220 valence electrons. The van der Waals surface area contributed by atoms with E-state index in [1.807, 2.05) is 18.2 Å². The first-order chi connectivity index (χ1) is 19.5. The Morgan fingerprint density at radius 3 is 2.44 bits per heavy atom. The van der Waals surface area contributed by atoms with Gasteiger partial charge in [0.25, 0.3) is 5.91 Å². The Kier molecular flexibility index (Phi) is 10.8. The third kappa shape index (κ3) is 8.03. The van der Waals surface area contributed by atoms with Crippen LogP contribution >= 0.6 is 0 Å². The van der Waals surface area contributed by atoms with Gasteiger partial charge in [-0.25, -0.2) is 9.78 Å². The first kappa shape index (κ1) is 31.1. The third-order valence-electron chi connectivity index (χ3n) is 6.28. The predicted octanol–water partition coefficient (Wildman–Crippen LogP) is 2.42. The number of methoxy groups -OCH3 is 1. The van der Waals surface area contributed by atoms with Gasteiger partial charge in [0.15, 0.2) is 23.6 Å². The van der Waals surface area contributed by atoms with Gasteiger partial charge in [0.1, 0.15) is 18.6 Å². The van der Waals surface area contributed by atoms with Gasteiger partial charge in [0, 0.05) is 18.7 Å². The van der Waals surface area contributed by atoms with Crippen molar-refractivity contribution in [1.29, 1.82) is 0 Å². The molecule has 1 saturated heterocycles. The normalized spacial score (nSPS) is 20.9. The number of nitrogens with one attached hydrogen (secondary N) is 1. The summed E-state index contributed by atoms with van der Waals surface area (Å²) in [5, 5.41) is 2.44. The maximum absolute atomic E-state index is 13.4. The van der Waals surface area contributed by atoms with Crippen LogP contribution in [-0.4, -0.2) is 66.7 Å². The number of hydrogen-bond donors (Lipinski definition) is 1. The summed E-state index contributed by atoms with van der Waals surface area (Å²) in [4.78, 5) is 68.2. The molecule has 1 amide bonds. The van der Waals surface area contributed by atoms with Crippen molar-refractivity contribution in [2.24, 2.45) is 11.8 Å². The number of benzene rings is 1. The van der Waals surface area contributed by atoms with Crippen molar-refractivity contribution in [3.05, 3.63) is 53.9 Å². The average molecular weight is 571 g/mol. The number of pyridine rings is 1. The summed E-state index contributed by atoms with van der Waals surface area (Å²) in [6, 6.07) is 9.00. The van der Waals surface area contributed by atoms with Crippen molar-refractivity contribution in [3.8, 4) is 11.5 Å². The van der Waals surface area contributed by atoms with Gasteiger partial charge in [-0.15, -0.1) is 0 Å². The number of carbonyl (C=O) groups excluding carboxylic acids is 5. The molecule has 1 N–H and O–H groups in total. The van der Waals surface area contributed by atoms with E-state index in [-0.39, 0.29) is 30.0 Å². The van der Waals surface area contributed by atoms with E-state index in [2.05, 4.69) is 10.3 Å². The highest BCUT2D eigenvalue weighted by atomic mass is 16.6. The van der Waals surface area contributed by atoms with Crippen LogP contribution in [0.15, 0.2) is 42.6 Å². The van der Waals surface area contributed by atoms with E-state index >= 15 is 0 Å². The number of amides is 1. The quantitative estimate of drug-likeness (QED) is 0.349. The third-order valence-corrected chi connectivity index (χ3v) is 6.28. The van der Waals surface area contributed by atoms with Gasteiger partial charge >= 0.3 is 23.9 Å². The van der Waals surface area contributed by atoms with Crippen LogP contribution in [0.2, 0.25) is 0 Å². The Morgan fingerprint density at radius 1 is 1.10 bits per heavy atom. The zero-order chi connectivity index (χ0) is 30.1. The Morgan fingerprint density at radius 2 is 1.80 bits per heavy atom. The number of carbonyl (C=O) groups is 5. The molecule has 1 fully saturated rings. The average Bonchev–Trinajstić information content (AvgIpc) is 2.99. The van der Waals surface area contributed by atoms with Crippen LogP contribution in [0, 0.1) is 11.8 Å². The fraction of sp³-hybridized carbons (Fsp3) is 0.448. The number of ether oxygens (including phenoxy) is 5. The highest BCUT2D eigenvalue weighted by Gasteiger charge is 2.42. The standard InChI is InChI=1S/C29H34N2O10/c1-6-22(32)40-25-21(37-5)12-13-30-23(25)26(33)31-20-15-38-28(35)19(14-18-10-8-7-9-11-18)24(17(4)39-29(20)36)41-27(34)16(2)3/h7-13,16-17,19-20,24H,6,14-15H2,1-5H3,(H,31,33)/t17-,19+,20-,24-/m0/s1. The van der Waals surface area contributed by atoms with Crippen LogP contribution < -0.4 is 14.8 Å². The Bertz CT molecular complexity index is 1260. The summed E-state index contributed by atoms with van der Waals surface area (Å²) in [5.74, 6) is -5.46. The minimum absolute atomic E-state index is 0.0224. The molecule has 0 radical (unpaired) electrons. The molecule has 1 aliphatic rings. The van der Waals surface area contributed by atoms with Crippen LogP contribution in [0.25, 0.3) is 0 Å². The molecule has 0 saturated carbocycles. The number of rotatable bonds is 9. The molecule has 3 rings (SSSR count). The molecule has 0 spiro atoms. The van der Waals surface area contributed by atoms with E-state index in [1.54, 1.807) is 32.9 Å². The fourth-order valence-electron chi connectivity index (χ4n) is 4.01. The molecular formula is C29H34N2O10. The van der Waals surface area contributed by atoms with Crippen LogP contribution in [0.4, 0.5) is 0 Å². The molecule has 0 aliphatic carbocycles. The largest absolute Gasteiger partial charge is 0.493 e. The van der Waals surface area contributed by atoms with E-state index in [4.69, 9.17) is 23.7 Å². The highest BCUT2D eigenvalue weighted by molar-refractivity contribution is 5.99. The van der Waals surface area contributed by atoms with E-state index in [1.165, 1.54) is 26.3 Å². The highest BCUT2D eigenvalue weighted by Crippen LogP contribution is 2.30. The van der Waals surface area contributed by atoms with Crippen molar-refractivity contribution in [2.45, 2.75) is 58.8 Å². The minimum atomic E-state index is -1.45. The van der Waals surface area contributed by atoms with E-state index in [0.29, 0.717) is 0 Å². The molecule has 1 aromatic carbocycles. The molecule has 4 atom stereocenters. The van der Waals surface area contributed by atoms with Gasteiger partial charge in [0.2, 0.25) is 5.75 Å². The minimum Gasteiger partial charge on any atom is -0.493 e. The molecule has 2 aromatic rings. The second kappa shape index (κ2) is 14.2. The zero-order valence-corrected chi connectivity index (χ0v) is 23.6. The number of esters is 4. The van der Waals surface area contributed by atoms with Gasteiger partial charge in [-0.3, -0.25) is 19.2 Å². The lowest BCUT2D eigenvalue weighted by Gasteiger charge is -2.29. The van der Waals surface area contributed by atoms with Crippen molar-refractivity contribution in [3.63, 3.8) is 0 Å². The topological polar surface area (TPSA) is 156 Å². The van der Waals surface area contributed by atoms with Gasteiger partial charge in [0.05, 0.1) is 13.0 Å². The Hall–Kier alpha value is -4.48. The van der Waals surface area contributed by atoms with E-state index < -0.39 is 66.5 Å². The van der Waals surface area contributed by atoms with Crippen LogP contribution in [0.5, 0.6) is 11.5 Å². The maximum Gasteiger partial charge on any atom is 0.332 e. The van der Waals surface area contributed by atoms with E-state index in [9.17, 15) is 24.0 Å². The summed E-state index contributed by atoms with van der Waals surface area (Å²) in [6.45, 7) is 5.79. The van der Waals surface area contributed by atoms with Crippen molar-refractivity contribution >= 4 is 29.8 Å². The lowest BCUT2D eigenvalue weighted by atomic mass is 9.91. The SMILES string of the molecule is CCC(=O)Oc1c(OC)ccnc1C(=O)N[C@H]1COC(=O)[C@H](Cc2ccccc2)[C@@H](OC(=O)C(C)C)[C@H](C)OC1=O. The molecule has 1 aliphatic heterocycles. The van der Waals surface area contributed by atoms with Gasteiger partial charge in [-0.05, 0) is 18.9 Å². The lowest BCUT2D eigenvalue weighted by molar-refractivity contribution is -0.176. The van der Waals surface area contributed by atoms with Gasteiger partial charge < -0.3 is 29.0 Å². The summed E-state index contributed by atoms with van der Waals surface area (Å²) in [6.07, 6.45) is -0.790. The molecule has 12 nitrogen and oxygen atoms in total. The summed E-state index contributed by atoms with van der Waals surface area (Å²) < 4.78 is 27.2. The molecule has 0 bridgehead atoms. The summed E-state index contributed by atoms with van der Waals surface area (Å²) >= 11 is 0. The van der Waals surface area contributed by atoms with Crippen molar-refractivity contribution in [1.82, 2.24) is 10.3 Å². The van der Waals surface area contributed by atoms with Crippen LogP contribution in [-0.2, 0) is 39.8 Å². The zero-order valence-electron chi connectivity index (χ0n) is 23.6. The Labute approximate surface area is 237 Å². The molecule has 1 aromatic heterocycles. The summed E-state index contributed by atoms with van der Waals surface area (Å²) in [7, 11) is 1.32. The first-order valence-electron chi connectivity index (χ1n) is 13.2. The maximum atomic E-state index is 13.4. The van der Waals surface area contributed by atoms with Crippen LogP contribution in [0.1, 0.15) is 50.2 Å². The first-order valence-corrected chi connectivity index (χ1v) is 13.2. The molecule has 2 heterocycles. The van der Waals surface area contributed by atoms with Gasteiger partial charge in [-0.1, -0.05) is 51.1 Å². The predicted molar refractivity (Wildman–Crippen MR) is 143 cm³/mol. The molecule has 12 heteroatoms. The summed E-state index contributed by atoms with van der Waals surface area (Å²) in [5.41, 5.74) is 0.449. The molecular weight excluding hydrogens is 536 g/mol. The van der Waals surface area contributed by atoms with E-state index in [0.717, 1.165) is 5.56 Å². The molecule has 0 unspecified atom stereocenters. The second-order valence-corrected chi connectivity index (χ2v) is 9.67.